The van der Waals surface area contributed by atoms with Crippen LogP contribution in [0.25, 0.3) is 0 Å². The SMILES string of the molecule is COc1ccc(S(=O)(=O)/N=C(\Cc2ccccc2)C2=C(N3CCCC3)CCC2)cc1. The molecule has 0 aromatic heterocycles. The molecule has 0 radical (unpaired) electrons. The lowest BCUT2D eigenvalue weighted by Gasteiger charge is -2.22. The van der Waals surface area contributed by atoms with Crippen LogP contribution in [0.4, 0.5) is 0 Å². The van der Waals surface area contributed by atoms with Gasteiger partial charge in [-0.05, 0) is 67.5 Å². The van der Waals surface area contributed by atoms with Crippen LogP contribution in [0.3, 0.4) is 0 Å². The van der Waals surface area contributed by atoms with E-state index in [9.17, 15) is 8.42 Å². The third kappa shape index (κ3) is 4.59. The molecule has 0 atom stereocenters. The molecule has 5 nitrogen and oxygen atoms in total. The van der Waals surface area contributed by atoms with Crippen molar-refractivity contribution in [2.45, 2.75) is 43.4 Å². The second kappa shape index (κ2) is 9.04. The van der Waals surface area contributed by atoms with Crippen LogP contribution in [0.5, 0.6) is 5.75 Å². The van der Waals surface area contributed by atoms with Gasteiger partial charge in [0.05, 0.1) is 17.7 Å². The number of ether oxygens (including phenoxy) is 1. The Bertz CT molecular complexity index is 1040. The van der Waals surface area contributed by atoms with Crippen molar-refractivity contribution in [2.24, 2.45) is 4.40 Å². The Kier molecular flexibility index (Phi) is 6.23. The van der Waals surface area contributed by atoms with Gasteiger partial charge in [-0.1, -0.05) is 30.3 Å². The molecule has 2 aromatic carbocycles. The molecule has 0 unspecified atom stereocenters. The topological polar surface area (TPSA) is 59.0 Å². The van der Waals surface area contributed by atoms with Crippen LogP contribution in [0.1, 0.15) is 37.7 Å². The molecular weight excluding hydrogens is 396 g/mol. The summed E-state index contributed by atoms with van der Waals surface area (Å²) < 4.78 is 35.9. The maximum absolute atomic E-state index is 13.2. The van der Waals surface area contributed by atoms with Crippen LogP contribution in [-0.2, 0) is 16.4 Å². The van der Waals surface area contributed by atoms with Crippen LogP contribution in [0, 0.1) is 0 Å². The monoisotopic (exact) mass is 424 g/mol. The summed E-state index contributed by atoms with van der Waals surface area (Å²) in [4.78, 5) is 2.62. The minimum atomic E-state index is -3.81. The fourth-order valence-electron chi connectivity index (χ4n) is 4.30. The van der Waals surface area contributed by atoms with Gasteiger partial charge in [0, 0.05) is 25.2 Å². The predicted octanol–water partition coefficient (Wildman–Crippen LogP) is 4.60. The molecule has 2 aromatic rings. The first-order valence-corrected chi connectivity index (χ1v) is 12.0. The summed E-state index contributed by atoms with van der Waals surface area (Å²) in [5.41, 5.74) is 4.17. The maximum atomic E-state index is 13.2. The Morgan fingerprint density at radius 1 is 0.967 bits per heavy atom. The van der Waals surface area contributed by atoms with Gasteiger partial charge in [-0.25, -0.2) is 0 Å². The zero-order chi connectivity index (χ0) is 21.0. The molecule has 1 heterocycles. The van der Waals surface area contributed by atoms with Gasteiger partial charge in [0.15, 0.2) is 0 Å². The number of methoxy groups -OCH3 is 1. The lowest BCUT2D eigenvalue weighted by Crippen LogP contribution is -2.21. The van der Waals surface area contributed by atoms with Crippen LogP contribution in [0.2, 0.25) is 0 Å². The third-order valence-corrected chi connectivity index (χ3v) is 7.16. The second-order valence-corrected chi connectivity index (χ2v) is 9.43. The van der Waals surface area contributed by atoms with Gasteiger partial charge in [0.25, 0.3) is 10.0 Å². The molecule has 0 amide bonds. The Balaban J connectivity index is 1.75. The number of likely N-dealkylation sites (tertiary alicyclic amines) is 1. The van der Waals surface area contributed by atoms with Crippen molar-refractivity contribution in [3.63, 3.8) is 0 Å². The molecule has 0 bridgehead atoms. The zero-order valence-electron chi connectivity index (χ0n) is 17.4. The number of benzene rings is 2. The van der Waals surface area contributed by atoms with Crippen molar-refractivity contribution < 1.29 is 13.2 Å². The second-order valence-electron chi connectivity index (χ2n) is 7.82. The lowest BCUT2D eigenvalue weighted by molar-refractivity contribution is 0.414. The van der Waals surface area contributed by atoms with E-state index in [1.54, 1.807) is 31.4 Å². The van der Waals surface area contributed by atoms with E-state index in [2.05, 4.69) is 9.30 Å². The molecular formula is C24H28N2O3S. The number of allylic oxidation sites excluding steroid dienone is 2. The molecule has 1 fully saturated rings. The fourth-order valence-corrected chi connectivity index (χ4v) is 5.35. The third-order valence-electron chi connectivity index (χ3n) is 5.83. The largest absolute Gasteiger partial charge is 0.497 e. The molecule has 1 aliphatic heterocycles. The first-order valence-electron chi connectivity index (χ1n) is 10.6. The van der Waals surface area contributed by atoms with E-state index in [1.165, 1.54) is 18.5 Å². The summed E-state index contributed by atoms with van der Waals surface area (Å²) in [6.45, 7) is 2.12. The number of hydrogen-bond donors (Lipinski definition) is 0. The van der Waals surface area contributed by atoms with Gasteiger partial charge in [0.2, 0.25) is 0 Å². The highest BCUT2D eigenvalue weighted by Gasteiger charge is 2.27. The van der Waals surface area contributed by atoms with E-state index < -0.39 is 10.0 Å². The Hall–Kier alpha value is -2.60. The van der Waals surface area contributed by atoms with Crippen molar-refractivity contribution in [3.8, 4) is 5.75 Å². The lowest BCUT2D eigenvalue weighted by atomic mass is 10.0. The van der Waals surface area contributed by atoms with Crippen molar-refractivity contribution in [3.05, 3.63) is 71.4 Å². The minimum absolute atomic E-state index is 0.190. The van der Waals surface area contributed by atoms with E-state index in [0.29, 0.717) is 17.9 Å². The normalized spacial score (nSPS) is 17.6. The highest BCUT2D eigenvalue weighted by atomic mass is 32.2. The van der Waals surface area contributed by atoms with Crippen LogP contribution in [-0.4, -0.2) is 39.2 Å². The highest BCUT2D eigenvalue weighted by Crippen LogP contribution is 2.33. The molecule has 158 valence electrons. The summed E-state index contributed by atoms with van der Waals surface area (Å²) >= 11 is 0. The van der Waals surface area contributed by atoms with E-state index in [0.717, 1.165) is 43.5 Å². The van der Waals surface area contributed by atoms with Crippen molar-refractivity contribution >= 4 is 15.7 Å². The average Bonchev–Trinajstić information content (AvgIpc) is 3.45. The summed E-state index contributed by atoms with van der Waals surface area (Å²) in [5, 5.41) is 0. The van der Waals surface area contributed by atoms with Gasteiger partial charge in [-0.2, -0.15) is 12.8 Å². The Morgan fingerprint density at radius 2 is 1.67 bits per heavy atom. The fraction of sp³-hybridized carbons (Fsp3) is 0.375. The number of nitrogens with zero attached hydrogens (tertiary/aromatic N) is 2. The molecule has 1 saturated heterocycles. The van der Waals surface area contributed by atoms with E-state index in [4.69, 9.17) is 4.74 Å². The van der Waals surface area contributed by atoms with Gasteiger partial charge in [0.1, 0.15) is 5.75 Å². The van der Waals surface area contributed by atoms with Gasteiger partial charge < -0.3 is 9.64 Å². The van der Waals surface area contributed by atoms with Gasteiger partial charge in [-0.15, -0.1) is 0 Å². The van der Waals surface area contributed by atoms with E-state index in [1.807, 2.05) is 30.3 Å². The van der Waals surface area contributed by atoms with Crippen LogP contribution < -0.4 is 4.74 Å². The quantitative estimate of drug-likeness (QED) is 0.610. The molecule has 4 rings (SSSR count). The molecule has 1 aliphatic carbocycles. The van der Waals surface area contributed by atoms with Crippen LogP contribution >= 0.6 is 0 Å². The summed E-state index contributed by atoms with van der Waals surface area (Å²) in [7, 11) is -2.25. The van der Waals surface area contributed by atoms with Gasteiger partial charge in [-0.3, -0.25) is 0 Å². The highest BCUT2D eigenvalue weighted by molar-refractivity contribution is 7.90. The molecule has 30 heavy (non-hydrogen) atoms. The van der Waals surface area contributed by atoms with Gasteiger partial charge >= 0.3 is 0 Å². The Morgan fingerprint density at radius 3 is 2.33 bits per heavy atom. The Labute approximate surface area is 179 Å². The van der Waals surface area contributed by atoms with Crippen molar-refractivity contribution in [1.29, 1.82) is 0 Å². The van der Waals surface area contributed by atoms with Crippen molar-refractivity contribution in [1.82, 2.24) is 4.90 Å². The summed E-state index contributed by atoms with van der Waals surface area (Å²) in [6.07, 6.45) is 5.86. The zero-order valence-corrected chi connectivity index (χ0v) is 18.2. The number of hydrogen-bond acceptors (Lipinski definition) is 4. The average molecular weight is 425 g/mol. The maximum Gasteiger partial charge on any atom is 0.282 e. The number of rotatable bonds is 7. The summed E-state index contributed by atoms with van der Waals surface area (Å²) in [6, 6.07) is 16.4. The molecule has 0 spiro atoms. The van der Waals surface area contributed by atoms with Crippen molar-refractivity contribution in [2.75, 3.05) is 20.2 Å². The predicted molar refractivity (Wildman–Crippen MR) is 119 cm³/mol. The molecule has 0 saturated carbocycles. The molecule has 2 aliphatic rings. The summed E-state index contributed by atoms with van der Waals surface area (Å²) in [5.74, 6) is 0.622. The molecule has 6 heteroatoms. The minimum Gasteiger partial charge on any atom is -0.497 e. The van der Waals surface area contributed by atoms with E-state index >= 15 is 0 Å². The first kappa shape index (κ1) is 20.7. The van der Waals surface area contributed by atoms with E-state index in [-0.39, 0.29) is 4.90 Å². The molecule has 0 N–H and O–H groups in total. The first-order chi connectivity index (χ1) is 14.6. The standard InChI is InChI=1S/C24H28N2O3S/c1-29-20-12-14-21(15-13-20)30(27,28)25-23(18-19-8-3-2-4-9-19)22-10-7-11-24(22)26-16-5-6-17-26/h2-4,8-9,12-15H,5-7,10-11,16-18H2,1H3/b25-23+. The number of sulfonamides is 1. The van der Waals surface area contributed by atoms with Crippen LogP contribution in [0.15, 0.2) is 75.2 Å². The smallest absolute Gasteiger partial charge is 0.282 e.